The normalized spacial score (nSPS) is 11.9. The Balaban J connectivity index is 2.22. The summed E-state index contributed by atoms with van der Waals surface area (Å²) in [6.45, 7) is 0. The van der Waals surface area contributed by atoms with E-state index in [1.807, 2.05) is 30.3 Å². The number of esters is 1. The van der Waals surface area contributed by atoms with E-state index in [2.05, 4.69) is 4.74 Å². The number of hydrogen-bond donors (Lipinski definition) is 1. The summed E-state index contributed by atoms with van der Waals surface area (Å²) >= 11 is 0. The smallest absolute Gasteiger partial charge is 0.322 e. The highest BCUT2D eigenvalue weighted by Crippen LogP contribution is 2.21. The summed E-state index contributed by atoms with van der Waals surface area (Å²) in [6.07, 6.45) is 0.385. The summed E-state index contributed by atoms with van der Waals surface area (Å²) < 4.78 is 17.8. The van der Waals surface area contributed by atoms with E-state index in [1.54, 1.807) is 6.07 Å². The summed E-state index contributed by atoms with van der Waals surface area (Å²) in [6, 6.07) is 13.2. The molecule has 0 heterocycles. The Labute approximate surface area is 117 Å². The van der Waals surface area contributed by atoms with Crippen molar-refractivity contribution in [3.05, 3.63) is 59.9 Å². The van der Waals surface area contributed by atoms with E-state index in [9.17, 15) is 9.18 Å². The topological polar surface area (TPSA) is 52.3 Å². The van der Waals surface area contributed by atoms with Crippen molar-refractivity contribution in [3.8, 4) is 11.1 Å². The Bertz CT molecular complexity index is 613. The lowest BCUT2D eigenvalue weighted by Crippen LogP contribution is -2.33. The molecule has 2 aromatic rings. The van der Waals surface area contributed by atoms with Crippen LogP contribution in [-0.2, 0) is 16.0 Å². The van der Waals surface area contributed by atoms with Crippen LogP contribution < -0.4 is 5.73 Å². The van der Waals surface area contributed by atoms with Crippen molar-refractivity contribution in [1.82, 2.24) is 0 Å². The van der Waals surface area contributed by atoms with Crippen molar-refractivity contribution >= 4 is 5.97 Å². The van der Waals surface area contributed by atoms with E-state index in [4.69, 9.17) is 5.73 Å². The molecule has 0 saturated heterocycles. The van der Waals surface area contributed by atoms with Crippen molar-refractivity contribution < 1.29 is 13.9 Å². The molecule has 0 saturated carbocycles. The van der Waals surface area contributed by atoms with Gasteiger partial charge in [-0.15, -0.1) is 0 Å². The molecule has 3 nitrogen and oxygen atoms in total. The molecule has 0 aromatic heterocycles. The van der Waals surface area contributed by atoms with Crippen LogP contribution in [-0.4, -0.2) is 19.1 Å². The van der Waals surface area contributed by atoms with Crippen LogP contribution >= 0.6 is 0 Å². The molecule has 2 rings (SSSR count). The Hall–Kier alpha value is -2.20. The van der Waals surface area contributed by atoms with Gasteiger partial charge in [0.15, 0.2) is 0 Å². The van der Waals surface area contributed by atoms with E-state index >= 15 is 0 Å². The molecule has 20 heavy (non-hydrogen) atoms. The number of hydrogen-bond acceptors (Lipinski definition) is 3. The van der Waals surface area contributed by atoms with Gasteiger partial charge in [-0.1, -0.05) is 36.4 Å². The molecule has 2 N–H and O–H groups in total. The van der Waals surface area contributed by atoms with Gasteiger partial charge in [0.2, 0.25) is 0 Å². The maximum Gasteiger partial charge on any atom is 0.322 e. The minimum atomic E-state index is -0.692. The van der Waals surface area contributed by atoms with E-state index in [0.717, 1.165) is 16.7 Å². The average molecular weight is 273 g/mol. The van der Waals surface area contributed by atoms with Crippen LogP contribution in [0.15, 0.2) is 48.5 Å². The molecule has 0 aliphatic heterocycles. The fourth-order valence-corrected chi connectivity index (χ4v) is 2.03. The van der Waals surface area contributed by atoms with Gasteiger partial charge in [-0.25, -0.2) is 4.39 Å². The molecule has 0 aliphatic carbocycles. The monoisotopic (exact) mass is 273 g/mol. The summed E-state index contributed by atoms with van der Waals surface area (Å²) in [5.41, 5.74) is 8.32. The van der Waals surface area contributed by atoms with Gasteiger partial charge in [-0.2, -0.15) is 0 Å². The predicted octanol–water partition coefficient (Wildman–Crippen LogP) is 2.54. The molecule has 0 spiro atoms. The molecular formula is C16H16FNO2. The second kappa shape index (κ2) is 6.30. The highest BCUT2D eigenvalue weighted by molar-refractivity contribution is 5.76. The second-order valence-corrected chi connectivity index (χ2v) is 4.54. The molecule has 104 valence electrons. The lowest BCUT2D eigenvalue weighted by molar-refractivity contribution is -0.142. The van der Waals surface area contributed by atoms with Crippen LogP contribution in [0.1, 0.15) is 5.56 Å². The molecule has 1 unspecified atom stereocenters. The first-order valence-electron chi connectivity index (χ1n) is 6.28. The van der Waals surface area contributed by atoms with Crippen molar-refractivity contribution in [2.75, 3.05) is 7.11 Å². The Kier molecular flexibility index (Phi) is 4.48. The fourth-order valence-electron chi connectivity index (χ4n) is 2.03. The molecular weight excluding hydrogens is 257 g/mol. The van der Waals surface area contributed by atoms with Gasteiger partial charge in [-0.05, 0) is 35.2 Å². The lowest BCUT2D eigenvalue weighted by Gasteiger charge is -2.10. The van der Waals surface area contributed by atoms with E-state index in [-0.39, 0.29) is 5.82 Å². The molecule has 0 amide bonds. The Morgan fingerprint density at radius 1 is 1.20 bits per heavy atom. The number of halogens is 1. The zero-order valence-electron chi connectivity index (χ0n) is 11.2. The first kappa shape index (κ1) is 14.2. The van der Waals surface area contributed by atoms with Gasteiger partial charge in [0.05, 0.1) is 7.11 Å². The third kappa shape index (κ3) is 3.42. The minimum Gasteiger partial charge on any atom is -0.468 e. The van der Waals surface area contributed by atoms with Crippen LogP contribution in [0.25, 0.3) is 11.1 Å². The second-order valence-electron chi connectivity index (χ2n) is 4.54. The summed E-state index contributed by atoms with van der Waals surface area (Å²) in [5, 5.41) is 0. The van der Waals surface area contributed by atoms with Crippen molar-refractivity contribution in [3.63, 3.8) is 0 Å². The van der Waals surface area contributed by atoms with Crippen molar-refractivity contribution in [2.24, 2.45) is 5.73 Å². The summed E-state index contributed by atoms with van der Waals surface area (Å²) in [7, 11) is 1.31. The van der Waals surface area contributed by atoms with E-state index in [0.29, 0.717) is 6.42 Å². The Morgan fingerprint density at radius 3 is 2.50 bits per heavy atom. The molecule has 0 bridgehead atoms. The zero-order chi connectivity index (χ0) is 14.5. The van der Waals surface area contributed by atoms with Crippen LogP contribution in [0.3, 0.4) is 0 Å². The zero-order valence-corrected chi connectivity index (χ0v) is 11.2. The maximum absolute atomic E-state index is 13.2. The van der Waals surface area contributed by atoms with Gasteiger partial charge in [0.1, 0.15) is 11.9 Å². The number of benzene rings is 2. The van der Waals surface area contributed by atoms with Crippen LogP contribution in [0.2, 0.25) is 0 Å². The number of ether oxygens (including phenoxy) is 1. The highest BCUT2D eigenvalue weighted by Gasteiger charge is 2.14. The number of methoxy groups -OCH3 is 1. The van der Waals surface area contributed by atoms with Gasteiger partial charge in [0, 0.05) is 0 Å². The number of carbonyl (C=O) groups excluding carboxylic acids is 1. The average Bonchev–Trinajstić information content (AvgIpc) is 2.46. The molecule has 0 aliphatic rings. The number of rotatable bonds is 4. The van der Waals surface area contributed by atoms with Crippen molar-refractivity contribution in [2.45, 2.75) is 12.5 Å². The molecule has 0 fully saturated rings. The van der Waals surface area contributed by atoms with E-state index < -0.39 is 12.0 Å². The van der Waals surface area contributed by atoms with Crippen LogP contribution in [0.4, 0.5) is 4.39 Å². The standard InChI is InChI=1S/C16H16FNO2/c1-20-16(19)15(18)9-11-4-2-5-12(8-11)13-6-3-7-14(17)10-13/h2-8,10,15H,9,18H2,1H3. The Morgan fingerprint density at radius 2 is 1.85 bits per heavy atom. The van der Waals surface area contributed by atoms with Crippen LogP contribution in [0, 0.1) is 5.82 Å². The maximum atomic E-state index is 13.2. The van der Waals surface area contributed by atoms with Gasteiger partial charge < -0.3 is 10.5 Å². The third-order valence-electron chi connectivity index (χ3n) is 3.04. The van der Waals surface area contributed by atoms with Gasteiger partial charge >= 0.3 is 5.97 Å². The lowest BCUT2D eigenvalue weighted by atomic mass is 9.99. The largest absolute Gasteiger partial charge is 0.468 e. The minimum absolute atomic E-state index is 0.279. The predicted molar refractivity (Wildman–Crippen MR) is 75.5 cm³/mol. The summed E-state index contributed by atoms with van der Waals surface area (Å²) in [5.74, 6) is -0.722. The van der Waals surface area contributed by atoms with Gasteiger partial charge in [-0.3, -0.25) is 4.79 Å². The highest BCUT2D eigenvalue weighted by atomic mass is 19.1. The number of nitrogens with two attached hydrogens (primary N) is 1. The molecule has 1 atom stereocenters. The molecule has 0 radical (unpaired) electrons. The van der Waals surface area contributed by atoms with E-state index in [1.165, 1.54) is 19.2 Å². The number of carbonyl (C=O) groups is 1. The molecule has 2 aromatic carbocycles. The third-order valence-corrected chi connectivity index (χ3v) is 3.04. The van der Waals surface area contributed by atoms with Gasteiger partial charge in [0.25, 0.3) is 0 Å². The summed E-state index contributed by atoms with van der Waals surface area (Å²) in [4.78, 5) is 11.3. The van der Waals surface area contributed by atoms with Crippen LogP contribution in [0.5, 0.6) is 0 Å². The SMILES string of the molecule is COC(=O)C(N)Cc1cccc(-c2cccc(F)c2)c1. The first-order chi connectivity index (χ1) is 9.60. The fraction of sp³-hybridized carbons (Fsp3) is 0.188. The first-order valence-corrected chi connectivity index (χ1v) is 6.28. The van der Waals surface area contributed by atoms with Crippen molar-refractivity contribution in [1.29, 1.82) is 0 Å². The quantitative estimate of drug-likeness (QED) is 0.871. The molecule has 4 heteroatoms.